The average molecular weight is 406 g/mol. The minimum Gasteiger partial charge on any atom is -0.478 e. The molecule has 0 atom stereocenters. The van der Waals surface area contributed by atoms with E-state index in [1.54, 1.807) is 12.1 Å². The molecule has 0 unspecified atom stereocenters. The predicted octanol–water partition coefficient (Wildman–Crippen LogP) is 6.19. The maximum atomic E-state index is 11.5. The second-order valence-corrected chi connectivity index (χ2v) is 8.30. The normalized spacial score (nSPS) is 11.0. The quantitative estimate of drug-likeness (QED) is 0.385. The summed E-state index contributed by atoms with van der Waals surface area (Å²) in [6, 6.07) is 21.8. The van der Waals surface area contributed by atoms with Crippen molar-refractivity contribution in [2.24, 2.45) is 0 Å². The largest absolute Gasteiger partial charge is 0.478 e. The molecule has 0 spiro atoms. The van der Waals surface area contributed by atoms with Gasteiger partial charge < -0.3 is 10.2 Å². The lowest BCUT2D eigenvalue weighted by Gasteiger charge is -2.11. The third-order valence-corrected chi connectivity index (χ3v) is 6.93. The Bertz CT molecular complexity index is 1140. The van der Waals surface area contributed by atoms with E-state index in [-0.39, 0.29) is 11.1 Å². The zero-order valence-corrected chi connectivity index (χ0v) is 16.1. The molecule has 4 nitrogen and oxygen atoms in total. The van der Waals surface area contributed by atoms with Crippen molar-refractivity contribution in [3.8, 4) is 0 Å². The summed E-state index contributed by atoms with van der Waals surface area (Å²) < 4.78 is 0. The molecule has 0 heterocycles. The number of fused-ring (bicyclic) bond motifs is 2. The van der Waals surface area contributed by atoms with Crippen LogP contribution in [0.1, 0.15) is 20.7 Å². The van der Waals surface area contributed by atoms with E-state index in [0.717, 1.165) is 20.6 Å². The number of carbonyl (C=O) groups is 2. The Balaban J connectivity index is 1.73. The van der Waals surface area contributed by atoms with E-state index in [9.17, 15) is 19.8 Å². The van der Waals surface area contributed by atoms with Gasteiger partial charge in [0.15, 0.2) is 0 Å². The number of hydrogen-bond acceptors (Lipinski definition) is 4. The fourth-order valence-corrected chi connectivity index (χ4v) is 5.52. The Morgan fingerprint density at radius 2 is 0.893 bits per heavy atom. The smallest absolute Gasteiger partial charge is 0.336 e. The van der Waals surface area contributed by atoms with Gasteiger partial charge in [0.25, 0.3) is 0 Å². The van der Waals surface area contributed by atoms with E-state index >= 15 is 0 Å². The summed E-state index contributed by atoms with van der Waals surface area (Å²) in [5, 5.41) is 22.0. The first-order valence-electron chi connectivity index (χ1n) is 8.41. The first-order valence-corrected chi connectivity index (χ1v) is 10.6. The molecule has 0 aliphatic heterocycles. The van der Waals surface area contributed by atoms with Crippen molar-refractivity contribution >= 4 is 55.1 Å². The summed E-state index contributed by atoms with van der Waals surface area (Å²) in [5.41, 5.74) is 0.558. The van der Waals surface area contributed by atoms with Crippen molar-refractivity contribution in [1.29, 1.82) is 0 Å². The number of aromatic carboxylic acids is 2. The van der Waals surface area contributed by atoms with Gasteiger partial charge in [-0.1, -0.05) is 70.1 Å². The van der Waals surface area contributed by atoms with E-state index in [2.05, 4.69) is 0 Å². The Labute approximate surface area is 168 Å². The van der Waals surface area contributed by atoms with Crippen molar-refractivity contribution in [2.75, 3.05) is 0 Å². The molecule has 0 aromatic heterocycles. The average Bonchev–Trinajstić information content (AvgIpc) is 2.71. The maximum Gasteiger partial charge on any atom is 0.336 e. The van der Waals surface area contributed by atoms with Crippen LogP contribution in [0.4, 0.5) is 0 Å². The van der Waals surface area contributed by atoms with Crippen molar-refractivity contribution in [1.82, 2.24) is 0 Å². The zero-order valence-electron chi connectivity index (χ0n) is 14.5. The highest BCUT2D eigenvalue weighted by molar-refractivity contribution is 8.76. The lowest BCUT2D eigenvalue weighted by molar-refractivity contribution is 0.0688. The van der Waals surface area contributed by atoms with Gasteiger partial charge in [0, 0.05) is 9.79 Å². The van der Waals surface area contributed by atoms with Gasteiger partial charge in [0.1, 0.15) is 0 Å². The lowest BCUT2D eigenvalue weighted by Crippen LogP contribution is -1.98. The molecule has 6 heteroatoms. The molecule has 2 N–H and O–H groups in total. The maximum absolute atomic E-state index is 11.5. The van der Waals surface area contributed by atoms with Crippen LogP contribution in [-0.2, 0) is 0 Å². The molecule has 0 aliphatic carbocycles. The minimum absolute atomic E-state index is 0.279. The molecule has 138 valence electrons. The van der Waals surface area contributed by atoms with Gasteiger partial charge in [-0.25, -0.2) is 9.59 Å². The molecular formula is C22H14O4S2. The molecule has 0 saturated carbocycles. The molecule has 4 rings (SSSR count). The van der Waals surface area contributed by atoms with Crippen molar-refractivity contribution < 1.29 is 19.8 Å². The van der Waals surface area contributed by atoms with E-state index < -0.39 is 11.9 Å². The van der Waals surface area contributed by atoms with Crippen LogP contribution in [0.3, 0.4) is 0 Å². The van der Waals surface area contributed by atoms with Crippen LogP contribution in [0, 0.1) is 0 Å². The van der Waals surface area contributed by atoms with Gasteiger partial charge in [0.05, 0.1) is 11.1 Å². The van der Waals surface area contributed by atoms with E-state index in [0.29, 0.717) is 10.8 Å². The Hall–Kier alpha value is -2.96. The second-order valence-electron chi connectivity index (χ2n) is 6.09. The molecular weight excluding hydrogens is 392 g/mol. The third-order valence-electron chi connectivity index (χ3n) is 4.45. The van der Waals surface area contributed by atoms with Gasteiger partial charge in [-0.05, 0) is 45.8 Å². The number of carboxylic acids is 2. The Morgan fingerprint density at radius 3 is 1.25 bits per heavy atom. The molecule has 0 fully saturated rings. The number of carboxylic acid groups (broad SMARTS) is 2. The molecule has 4 aromatic carbocycles. The summed E-state index contributed by atoms with van der Waals surface area (Å²) in [6.07, 6.45) is 0. The van der Waals surface area contributed by atoms with Crippen LogP contribution in [-0.4, -0.2) is 22.2 Å². The molecule has 0 aliphatic rings. The second kappa shape index (κ2) is 7.58. The summed E-state index contributed by atoms with van der Waals surface area (Å²) in [6.45, 7) is 0. The summed E-state index contributed by atoms with van der Waals surface area (Å²) in [5.74, 6) is -1.90. The van der Waals surface area contributed by atoms with Crippen molar-refractivity contribution in [3.05, 3.63) is 83.9 Å². The predicted molar refractivity (Wildman–Crippen MR) is 114 cm³/mol. The zero-order chi connectivity index (χ0) is 19.7. The van der Waals surface area contributed by atoms with Crippen molar-refractivity contribution in [3.63, 3.8) is 0 Å². The van der Waals surface area contributed by atoms with E-state index in [4.69, 9.17) is 0 Å². The number of rotatable bonds is 5. The van der Waals surface area contributed by atoms with Crippen LogP contribution < -0.4 is 0 Å². The van der Waals surface area contributed by atoms with Crippen LogP contribution in [0.2, 0.25) is 0 Å². The van der Waals surface area contributed by atoms with Crippen LogP contribution >= 0.6 is 21.6 Å². The van der Waals surface area contributed by atoms with Crippen LogP contribution in [0.15, 0.2) is 82.6 Å². The third kappa shape index (κ3) is 3.32. The first-order chi connectivity index (χ1) is 13.6. The van der Waals surface area contributed by atoms with Gasteiger partial charge in [-0.15, -0.1) is 0 Å². The molecule has 0 bridgehead atoms. The van der Waals surface area contributed by atoms with Gasteiger partial charge >= 0.3 is 11.9 Å². The first kappa shape index (κ1) is 18.4. The van der Waals surface area contributed by atoms with Gasteiger partial charge in [-0.3, -0.25) is 0 Å². The molecule has 28 heavy (non-hydrogen) atoms. The van der Waals surface area contributed by atoms with Crippen LogP contribution in [0.5, 0.6) is 0 Å². The van der Waals surface area contributed by atoms with Gasteiger partial charge in [-0.2, -0.15) is 0 Å². The van der Waals surface area contributed by atoms with Crippen molar-refractivity contribution in [2.45, 2.75) is 9.79 Å². The van der Waals surface area contributed by atoms with Gasteiger partial charge in [0.2, 0.25) is 0 Å². The molecule has 0 amide bonds. The number of benzene rings is 4. The summed E-state index contributed by atoms with van der Waals surface area (Å²) in [4.78, 5) is 24.9. The summed E-state index contributed by atoms with van der Waals surface area (Å²) >= 11 is 0. The molecule has 0 radical (unpaired) electrons. The monoisotopic (exact) mass is 406 g/mol. The molecule has 4 aromatic rings. The highest BCUT2D eigenvalue weighted by Gasteiger charge is 2.14. The summed E-state index contributed by atoms with van der Waals surface area (Å²) in [7, 11) is 3.06. The Morgan fingerprint density at radius 1 is 0.536 bits per heavy atom. The SMILES string of the molecule is O=C(O)c1ccc(SSc2ccc(C(=O)O)c3ccccc23)c2ccccc12. The topological polar surface area (TPSA) is 74.6 Å². The van der Waals surface area contributed by atoms with Crippen LogP contribution in [0.25, 0.3) is 21.5 Å². The fourth-order valence-electron chi connectivity index (χ4n) is 3.15. The lowest BCUT2D eigenvalue weighted by atomic mass is 10.0. The minimum atomic E-state index is -0.948. The standard InChI is InChI=1S/C22H14O4S2/c23-21(24)17-9-11-19(15-7-3-1-5-13(15)17)27-28-20-12-10-18(22(25)26)14-6-2-4-8-16(14)20/h1-12H,(H,23,24)(H,25,26). The molecule has 0 saturated heterocycles. The van der Waals surface area contributed by atoms with E-state index in [1.165, 1.54) is 21.6 Å². The number of hydrogen-bond donors (Lipinski definition) is 2. The Kier molecular flexibility index (Phi) is 4.98. The highest BCUT2D eigenvalue weighted by atomic mass is 33.1. The fraction of sp³-hybridized carbons (Fsp3) is 0. The highest BCUT2D eigenvalue weighted by Crippen LogP contribution is 2.44. The van der Waals surface area contributed by atoms with E-state index in [1.807, 2.05) is 60.7 Å².